The molecule has 0 fully saturated rings. The second-order valence-electron chi connectivity index (χ2n) is 0.476. The molecule has 0 aromatic rings. The molecule has 0 aromatic heterocycles. The Bertz CT molecular complexity index is 149. The van der Waals surface area contributed by atoms with Gasteiger partial charge in [-0.25, -0.2) is 0 Å². The molecule has 0 aliphatic heterocycles. The van der Waals surface area contributed by atoms with Crippen LogP contribution in [0.1, 0.15) is 0 Å². The summed E-state index contributed by atoms with van der Waals surface area (Å²) in [5.74, 6) is 0. The van der Waals surface area contributed by atoms with Gasteiger partial charge in [-0.15, -0.1) is 0 Å². The van der Waals surface area contributed by atoms with Gasteiger partial charge < -0.3 is 9.11 Å². The Kier molecular flexibility index (Phi) is 7.00. The molecule has 0 unspecified atom stereocenters. The summed E-state index contributed by atoms with van der Waals surface area (Å²) >= 11 is -1.62. The molecule has 0 heterocycles. The molecule has 0 saturated heterocycles. The van der Waals surface area contributed by atoms with Crippen molar-refractivity contribution in [3.63, 3.8) is 0 Å². The van der Waals surface area contributed by atoms with Crippen LogP contribution in [-0.4, -0.2) is 17.5 Å². The van der Waals surface area contributed by atoms with E-state index in [0.29, 0.717) is 0 Å². The molecule has 0 saturated carbocycles. The SMILES string of the molecule is O=S(=O)([O-])[O-].[O]=[Cr+2]=[O]. The summed E-state index contributed by atoms with van der Waals surface area (Å²) in [6.07, 6.45) is 0. The van der Waals surface area contributed by atoms with Gasteiger partial charge in [0, 0.05) is 10.4 Å². The van der Waals surface area contributed by atoms with E-state index in [4.69, 9.17) is 25.1 Å². The van der Waals surface area contributed by atoms with E-state index in [0.717, 1.165) is 0 Å². The first-order valence-corrected chi connectivity index (χ1v) is 3.37. The first-order valence-electron chi connectivity index (χ1n) is 1.00. The number of hydrogen-bond acceptors (Lipinski definition) is 6. The van der Waals surface area contributed by atoms with Crippen molar-refractivity contribution >= 4 is 10.4 Å². The van der Waals surface area contributed by atoms with Crippen molar-refractivity contribution in [3.05, 3.63) is 0 Å². The molecule has 6 nitrogen and oxygen atoms in total. The van der Waals surface area contributed by atoms with Crippen LogP contribution in [0, 0.1) is 0 Å². The molecule has 8 heavy (non-hydrogen) atoms. The molecule has 0 rings (SSSR count). The third-order valence-electron chi connectivity index (χ3n) is 0. The normalized spacial score (nSPS) is 8.25. The van der Waals surface area contributed by atoms with Crippen molar-refractivity contribution in [2.24, 2.45) is 0 Å². The van der Waals surface area contributed by atoms with E-state index in [1.54, 1.807) is 0 Å². The van der Waals surface area contributed by atoms with Crippen molar-refractivity contribution < 1.29 is 40.2 Å². The fraction of sp³-hybridized carbons (Fsp3) is 0. The predicted octanol–water partition coefficient (Wildman–Crippen LogP) is -1.58. The number of rotatable bonds is 0. The van der Waals surface area contributed by atoms with Crippen LogP contribution in [0.25, 0.3) is 0 Å². The minimum atomic E-state index is -5.17. The summed E-state index contributed by atoms with van der Waals surface area (Å²) in [6, 6.07) is 0. The summed E-state index contributed by atoms with van der Waals surface area (Å²) in [5, 5.41) is 0. The van der Waals surface area contributed by atoms with E-state index in [1.165, 1.54) is 0 Å². The molecule has 48 valence electrons. The summed E-state index contributed by atoms with van der Waals surface area (Å²) in [5.41, 5.74) is 0. The summed E-state index contributed by atoms with van der Waals surface area (Å²) < 4.78 is 51.0. The van der Waals surface area contributed by atoms with Gasteiger partial charge in [-0.2, -0.15) is 0 Å². The van der Waals surface area contributed by atoms with E-state index in [-0.39, 0.29) is 0 Å². The average molecular weight is 180 g/mol. The molecule has 0 N–H and O–H groups in total. The molecule has 0 bridgehead atoms. The van der Waals surface area contributed by atoms with Crippen molar-refractivity contribution in [3.8, 4) is 0 Å². The van der Waals surface area contributed by atoms with Gasteiger partial charge in [0.2, 0.25) is 0 Å². The quantitative estimate of drug-likeness (QED) is 0.328. The van der Waals surface area contributed by atoms with Crippen LogP contribution in [0.3, 0.4) is 0 Å². The van der Waals surface area contributed by atoms with Gasteiger partial charge in [0.15, 0.2) is 0 Å². The monoisotopic (exact) mass is 180 g/mol. The third-order valence-corrected chi connectivity index (χ3v) is 0. The molecule has 0 radical (unpaired) electrons. The van der Waals surface area contributed by atoms with E-state index >= 15 is 0 Å². The maximum atomic E-state index is 8.52. The molecule has 0 atom stereocenters. The van der Waals surface area contributed by atoms with E-state index < -0.39 is 25.5 Å². The van der Waals surface area contributed by atoms with Gasteiger partial charge in [0.25, 0.3) is 0 Å². The Morgan fingerprint density at radius 3 is 1.12 bits per heavy atom. The standard InChI is InChI=1S/Cr.H2O4S.2O/c;1-5(2,3)4;;/h;(H2,1,2,3,4);;/q+2;;;/p-2. The Balaban J connectivity index is 0. The molecule has 0 amide bonds. The molecule has 0 aliphatic rings. The van der Waals surface area contributed by atoms with Gasteiger partial charge in [-0.1, -0.05) is 0 Å². The van der Waals surface area contributed by atoms with Crippen LogP contribution in [0.4, 0.5) is 0 Å². The summed E-state index contributed by atoms with van der Waals surface area (Å²) in [6.45, 7) is 0. The summed E-state index contributed by atoms with van der Waals surface area (Å²) in [7, 11) is -5.17. The Hall–Kier alpha value is 0.00247. The van der Waals surface area contributed by atoms with Crippen LogP contribution in [0.2, 0.25) is 0 Å². The topological polar surface area (TPSA) is 114 Å². The molecule has 0 aromatic carbocycles. The molecular weight excluding hydrogens is 180 g/mol. The van der Waals surface area contributed by atoms with E-state index in [9.17, 15) is 0 Å². The maximum absolute atomic E-state index is 8.52. The Morgan fingerprint density at radius 1 is 1.12 bits per heavy atom. The zero-order chi connectivity index (χ0) is 7.21. The van der Waals surface area contributed by atoms with Crippen molar-refractivity contribution in [2.75, 3.05) is 0 Å². The fourth-order valence-corrected chi connectivity index (χ4v) is 0. The molecule has 0 aliphatic carbocycles. The Morgan fingerprint density at radius 2 is 1.12 bits per heavy atom. The zero-order valence-electron chi connectivity index (χ0n) is 3.27. The summed E-state index contributed by atoms with van der Waals surface area (Å²) in [4.78, 5) is 0. The zero-order valence-corrected chi connectivity index (χ0v) is 5.36. The first-order chi connectivity index (χ1) is 3.41. The predicted molar refractivity (Wildman–Crippen MR) is 11.8 cm³/mol. The van der Waals surface area contributed by atoms with Gasteiger partial charge in [0.05, 0.1) is 0 Å². The van der Waals surface area contributed by atoms with Crippen molar-refractivity contribution in [1.82, 2.24) is 0 Å². The third kappa shape index (κ3) is 24700000. The number of hydrogen-bond donors (Lipinski definition) is 0. The van der Waals surface area contributed by atoms with E-state index in [1.807, 2.05) is 0 Å². The van der Waals surface area contributed by atoms with Gasteiger partial charge in [0.1, 0.15) is 0 Å². The van der Waals surface area contributed by atoms with Crippen LogP contribution in [0.15, 0.2) is 0 Å². The van der Waals surface area contributed by atoms with E-state index in [2.05, 4.69) is 0 Å². The van der Waals surface area contributed by atoms with Gasteiger partial charge in [-0.05, 0) is 0 Å². The second kappa shape index (κ2) is 5.15. The van der Waals surface area contributed by atoms with Gasteiger partial charge >= 0.3 is 22.7 Å². The molecule has 0 spiro atoms. The Labute approximate surface area is 51.2 Å². The van der Waals surface area contributed by atoms with Crippen LogP contribution >= 0.6 is 0 Å². The van der Waals surface area contributed by atoms with Crippen LogP contribution in [-0.2, 0) is 33.1 Å². The first kappa shape index (κ1) is 10.9. The second-order valence-corrected chi connectivity index (χ2v) is 1.51. The average Bonchev–Trinajstić information content (AvgIpc) is 1.27. The van der Waals surface area contributed by atoms with Crippen LogP contribution < -0.4 is 0 Å². The molecular formula is CrO6S. The fourth-order valence-electron chi connectivity index (χ4n) is 0. The van der Waals surface area contributed by atoms with Crippen molar-refractivity contribution in [2.45, 2.75) is 0 Å². The van der Waals surface area contributed by atoms with Crippen LogP contribution in [0.5, 0.6) is 0 Å². The van der Waals surface area contributed by atoms with Gasteiger partial charge in [-0.3, -0.25) is 8.42 Å². The molecule has 8 heteroatoms. The van der Waals surface area contributed by atoms with Crippen molar-refractivity contribution in [1.29, 1.82) is 0 Å². The minimum absolute atomic E-state index is 1.62.